The molecule has 0 amide bonds. The van der Waals surface area contributed by atoms with Crippen molar-refractivity contribution in [2.75, 3.05) is 47.6 Å². The van der Waals surface area contributed by atoms with Crippen LogP contribution >= 0.6 is 7.82 Å². The summed E-state index contributed by atoms with van der Waals surface area (Å²) in [6, 6.07) is 0. The molecule has 0 spiro atoms. The molecule has 2 atom stereocenters. The summed E-state index contributed by atoms with van der Waals surface area (Å²) in [4.78, 5) is 25.8. The summed E-state index contributed by atoms with van der Waals surface area (Å²) in [5.74, 6) is -0.785. The highest BCUT2D eigenvalue weighted by atomic mass is 31.2. The van der Waals surface area contributed by atoms with Crippen LogP contribution in [0.4, 0.5) is 0 Å². The quantitative estimate of drug-likeness (QED) is 0.163. The number of likely N-dealkylation sites (N-methyl/N-ethyl adjacent to an activating group) is 1. The van der Waals surface area contributed by atoms with E-state index < -0.39 is 19.9 Å². The van der Waals surface area contributed by atoms with Crippen molar-refractivity contribution in [2.45, 2.75) is 71.3 Å². The summed E-state index contributed by atoms with van der Waals surface area (Å²) in [7, 11) is 1.11. The van der Waals surface area contributed by atoms with Crippen LogP contribution in [0.3, 0.4) is 0 Å². The van der Waals surface area contributed by atoms with E-state index >= 15 is 0 Å². The van der Waals surface area contributed by atoms with Crippen molar-refractivity contribution < 1.29 is 37.2 Å². The van der Waals surface area contributed by atoms with E-state index in [0.717, 1.165) is 32.1 Å². The van der Waals surface area contributed by atoms with Gasteiger partial charge in [-0.2, -0.15) is 0 Å². The van der Waals surface area contributed by atoms with Gasteiger partial charge in [-0.25, -0.2) is 4.57 Å². The maximum absolute atomic E-state index is 12.5. The first-order chi connectivity index (χ1) is 14.3. The second-order valence-corrected chi connectivity index (χ2v) is 9.05. The molecule has 0 aromatic heterocycles. The van der Waals surface area contributed by atoms with Gasteiger partial charge in [0.2, 0.25) is 0 Å². The van der Waals surface area contributed by atoms with Gasteiger partial charge in [0.05, 0.1) is 13.2 Å². The normalized spacial score (nSPS) is 14.3. The van der Waals surface area contributed by atoms with Crippen LogP contribution in [0.25, 0.3) is 0 Å². The zero-order valence-electron chi connectivity index (χ0n) is 19.2. The predicted octanol–water partition coefficient (Wildman–Crippen LogP) is 3.95. The molecule has 0 aliphatic rings. The second kappa shape index (κ2) is 17.7. The fraction of sp³-hybridized carbons (Fsp3) is 0.900. The van der Waals surface area contributed by atoms with Gasteiger partial charge in [0.1, 0.15) is 6.61 Å². The van der Waals surface area contributed by atoms with Gasteiger partial charge < -0.3 is 14.4 Å². The zero-order valence-corrected chi connectivity index (χ0v) is 20.1. The van der Waals surface area contributed by atoms with Crippen molar-refractivity contribution in [1.82, 2.24) is 4.90 Å². The third-order valence-corrected chi connectivity index (χ3v) is 5.54. The average molecular weight is 454 g/mol. The minimum Gasteiger partial charge on any atom is -0.462 e. The fourth-order valence-corrected chi connectivity index (χ4v) is 3.25. The minimum atomic E-state index is -3.81. The number of hydrogen-bond donors (Lipinski definition) is 0. The summed E-state index contributed by atoms with van der Waals surface area (Å²) in [6.45, 7) is 4.32. The summed E-state index contributed by atoms with van der Waals surface area (Å²) < 4.78 is 38.6. The first kappa shape index (κ1) is 29.0. The lowest BCUT2D eigenvalue weighted by molar-refractivity contribution is -0.161. The number of hydrogen-bond acceptors (Lipinski definition) is 9. The Morgan fingerprint density at radius 1 is 0.900 bits per heavy atom. The molecule has 0 aromatic rings. The van der Waals surface area contributed by atoms with Crippen LogP contribution < -0.4 is 0 Å². The molecular formula is C20H40NO8P. The number of rotatable bonds is 19. The number of unbranched alkanes of at least 4 members (excludes halogenated alkanes) is 4. The smallest absolute Gasteiger partial charge is 0.462 e. The third kappa shape index (κ3) is 15.8. The Balaban J connectivity index is 4.72. The molecule has 0 N–H and O–H groups in total. The van der Waals surface area contributed by atoms with Crippen molar-refractivity contribution in [3.63, 3.8) is 0 Å². The van der Waals surface area contributed by atoms with E-state index in [-0.39, 0.29) is 32.2 Å². The standard InChI is InChI=1S/C20H40NO8P/c1-6-8-10-12-19(22)26-16-18(29-20(23)13-11-9-7-2)17-28-30(24,25-5)27-15-14-21(3)4/h18H,6-17H2,1-5H3/t18-,30?/m1/s1. The van der Waals surface area contributed by atoms with Crippen LogP contribution in [0.5, 0.6) is 0 Å². The van der Waals surface area contributed by atoms with Crippen LogP contribution in [0.15, 0.2) is 0 Å². The molecule has 0 bridgehead atoms. The molecule has 178 valence electrons. The van der Waals surface area contributed by atoms with Crippen LogP contribution in [-0.4, -0.2) is 70.5 Å². The van der Waals surface area contributed by atoms with Crippen LogP contribution in [0.2, 0.25) is 0 Å². The molecule has 9 nitrogen and oxygen atoms in total. The van der Waals surface area contributed by atoms with Crippen molar-refractivity contribution in [2.24, 2.45) is 0 Å². The van der Waals surface area contributed by atoms with Crippen molar-refractivity contribution in [3.05, 3.63) is 0 Å². The number of carbonyl (C=O) groups excluding carboxylic acids is 2. The fourth-order valence-electron chi connectivity index (χ4n) is 2.31. The van der Waals surface area contributed by atoms with Gasteiger partial charge in [-0.05, 0) is 26.9 Å². The van der Waals surface area contributed by atoms with Gasteiger partial charge in [0.15, 0.2) is 6.10 Å². The molecule has 0 aromatic carbocycles. The van der Waals surface area contributed by atoms with Crippen molar-refractivity contribution >= 4 is 19.8 Å². The van der Waals surface area contributed by atoms with Gasteiger partial charge in [-0.3, -0.25) is 23.2 Å². The first-order valence-electron chi connectivity index (χ1n) is 10.7. The summed E-state index contributed by atoms with van der Waals surface area (Å²) in [5, 5.41) is 0. The Morgan fingerprint density at radius 2 is 1.50 bits per heavy atom. The number of carbonyl (C=O) groups is 2. The number of phosphoric ester groups is 1. The maximum Gasteiger partial charge on any atom is 0.474 e. The average Bonchev–Trinajstić information content (AvgIpc) is 2.70. The van der Waals surface area contributed by atoms with Gasteiger partial charge in [-0.1, -0.05) is 39.5 Å². The lowest BCUT2D eigenvalue weighted by Gasteiger charge is -2.21. The minimum absolute atomic E-state index is 0.145. The van der Waals surface area contributed by atoms with Gasteiger partial charge >= 0.3 is 19.8 Å². The topological polar surface area (TPSA) is 101 Å². The maximum atomic E-state index is 12.5. The first-order valence-corrected chi connectivity index (χ1v) is 12.2. The lowest BCUT2D eigenvalue weighted by atomic mass is 10.2. The number of phosphoric acid groups is 1. The molecule has 30 heavy (non-hydrogen) atoms. The molecule has 1 unspecified atom stereocenters. The number of esters is 2. The molecule has 0 saturated carbocycles. The van der Waals surface area contributed by atoms with Gasteiger partial charge in [0, 0.05) is 26.5 Å². The molecule has 0 aliphatic heterocycles. The van der Waals surface area contributed by atoms with Gasteiger partial charge in [0.25, 0.3) is 0 Å². The monoisotopic (exact) mass is 453 g/mol. The molecular weight excluding hydrogens is 413 g/mol. The third-order valence-electron chi connectivity index (χ3n) is 4.13. The van der Waals surface area contributed by atoms with E-state index in [1.165, 1.54) is 7.11 Å². The second-order valence-electron chi connectivity index (χ2n) is 7.27. The largest absolute Gasteiger partial charge is 0.474 e. The molecule has 0 rings (SSSR count). The van der Waals surface area contributed by atoms with E-state index in [1.807, 2.05) is 32.8 Å². The molecule has 0 saturated heterocycles. The molecule has 0 radical (unpaired) electrons. The summed E-state index contributed by atoms with van der Waals surface area (Å²) in [5.41, 5.74) is 0. The van der Waals surface area contributed by atoms with Crippen molar-refractivity contribution in [3.8, 4) is 0 Å². The van der Waals surface area contributed by atoms with Gasteiger partial charge in [-0.15, -0.1) is 0 Å². The zero-order chi connectivity index (χ0) is 22.8. The SMILES string of the molecule is CCCCCC(=O)OC[C@H](COP(=O)(OC)OCCN(C)C)OC(=O)CCCCC. The number of ether oxygens (including phenoxy) is 2. The highest BCUT2D eigenvalue weighted by molar-refractivity contribution is 7.48. The number of nitrogens with zero attached hydrogens (tertiary/aromatic N) is 1. The molecule has 0 fully saturated rings. The Morgan fingerprint density at radius 3 is 2.03 bits per heavy atom. The summed E-state index contributed by atoms with van der Waals surface area (Å²) >= 11 is 0. The van der Waals surface area contributed by atoms with Crippen LogP contribution in [0, 0.1) is 0 Å². The lowest BCUT2D eigenvalue weighted by Crippen LogP contribution is -2.29. The van der Waals surface area contributed by atoms with Crippen molar-refractivity contribution in [1.29, 1.82) is 0 Å². The Kier molecular flexibility index (Phi) is 17.1. The predicted molar refractivity (Wildman–Crippen MR) is 114 cm³/mol. The van der Waals surface area contributed by atoms with Crippen LogP contribution in [-0.2, 0) is 37.2 Å². The van der Waals surface area contributed by atoms with E-state index in [9.17, 15) is 14.2 Å². The van der Waals surface area contributed by atoms with E-state index in [2.05, 4.69) is 0 Å². The van der Waals surface area contributed by atoms with E-state index in [4.69, 9.17) is 23.0 Å². The highest BCUT2D eigenvalue weighted by Gasteiger charge is 2.28. The van der Waals surface area contributed by atoms with Crippen LogP contribution in [0.1, 0.15) is 65.2 Å². The summed E-state index contributed by atoms with van der Waals surface area (Å²) in [6.07, 6.45) is 4.96. The molecule has 0 heterocycles. The Hall–Kier alpha value is -0.990. The highest BCUT2D eigenvalue weighted by Crippen LogP contribution is 2.48. The Bertz CT molecular complexity index is 515. The van der Waals surface area contributed by atoms with E-state index in [0.29, 0.717) is 19.4 Å². The molecule has 10 heteroatoms. The van der Waals surface area contributed by atoms with E-state index in [1.54, 1.807) is 0 Å². The Labute approximate surface area is 181 Å². The molecule has 0 aliphatic carbocycles.